The summed E-state index contributed by atoms with van der Waals surface area (Å²) >= 11 is 24.5. The van der Waals surface area contributed by atoms with Gasteiger partial charge >= 0.3 is 0 Å². The van der Waals surface area contributed by atoms with Crippen LogP contribution in [0, 0.1) is 0 Å². The van der Waals surface area contributed by atoms with E-state index in [-0.39, 0.29) is 21.5 Å². The third-order valence-electron chi connectivity index (χ3n) is 5.45. The second-order valence-electron chi connectivity index (χ2n) is 7.92. The third-order valence-corrected chi connectivity index (χ3v) is 6.46. The zero-order chi connectivity index (χ0) is 25.7. The lowest BCUT2D eigenvalue weighted by atomic mass is 9.94. The van der Waals surface area contributed by atoms with Crippen LogP contribution >= 0.6 is 46.4 Å². The van der Waals surface area contributed by atoms with E-state index in [1.54, 1.807) is 12.1 Å². The van der Waals surface area contributed by atoms with Gasteiger partial charge in [0.05, 0.1) is 10.0 Å². The van der Waals surface area contributed by atoms with Crippen LogP contribution in [0.15, 0.2) is 94.9 Å². The minimum Gasteiger partial charge on any atom is -0.506 e. The van der Waals surface area contributed by atoms with E-state index in [2.05, 4.69) is 0 Å². The van der Waals surface area contributed by atoms with E-state index in [9.17, 15) is 10.2 Å². The van der Waals surface area contributed by atoms with E-state index < -0.39 is 12.1 Å². The molecule has 4 rings (SSSR count). The summed E-state index contributed by atoms with van der Waals surface area (Å²) in [5, 5.41) is 21.9. The highest BCUT2D eigenvalue weighted by Crippen LogP contribution is 2.37. The van der Waals surface area contributed by atoms with Gasteiger partial charge in [0.25, 0.3) is 0 Å². The Morgan fingerprint density at radius 2 is 0.917 bits per heavy atom. The Balaban J connectivity index is 1.84. The summed E-state index contributed by atoms with van der Waals surface area (Å²) in [6, 6.07) is 24.4. The molecule has 0 aliphatic heterocycles. The monoisotopic (exact) mass is 556 g/mol. The summed E-state index contributed by atoms with van der Waals surface area (Å²) in [5.41, 5.74) is 2.54. The van der Waals surface area contributed by atoms with Gasteiger partial charge in [-0.3, -0.25) is 9.98 Å². The topological polar surface area (TPSA) is 65.2 Å². The average Bonchev–Trinajstić information content (AvgIpc) is 2.87. The van der Waals surface area contributed by atoms with Crippen LogP contribution in [0.1, 0.15) is 34.3 Å². The second kappa shape index (κ2) is 11.8. The van der Waals surface area contributed by atoms with E-state index in [0.717, 1.165) is 11.1 Å². The fraction of sp³-hybridized carbons (Fsp3) is 0.0714. The highest BCUT2D eigenvalue weighted by atomic mass is 35.5. The molecule has 0 heterocycles. The van der Waals surface area contributed by atoms with Gasteiger partial charge in [0.1, 0.15) is 23.6 Å². The number of phenols is 2. The third kappa shape index (κ3) is 6.21. The zero-order valence-electron chi connectivity index (χ0n) is 18.7. The number of benzene rings is 4. The van der Waals surface area contributed by atoms with E-state index in [0.29, 0.717) is 21.2 Å². The predicted molar refractivity (Wildman–Crippen MR) is 150 cm³/mol. The molecule has 8 heteroatoms. The first-order valence-corrected chi connectivity index (χ1v) is 12.4. The normalized spacial score (nSPS) is 13.3. The predicted octanol–water partition coefficient (Wildman–Crippen LogP) is 8.73. The van der Waals surface area contributed by atoms with Gasteiger partial charge in [-0.25, -0.2) is 0 Å². The molecule has 182 valence electrons. The lowest BCUT2D eigenvalue weighted by Crippen LogP contribution is -2.09. The smallest absolute Gasteiger partial charge is 0.143 e. The molecule has 0 aliphatic carbocycles. The van der Waals surface area contributed by atoms with Gasteiger partial charge in [-0.1, -0.05) is 107 Å². The van der Waals surface area contributed by atoms with Gasteiger partial charge in [0.15, 0.2) is 0 Å². The standard InChI is InChI=1S/C28H20Cl4N2O2/c29-21-11-19(27(35)23(31)13-21)15-33-25(17-7-3-1-4-8-17)26(18-9-5-2-6-10-18)34-16-20-12-22(30)14-24(32)28(20)36/h1-16,25-26,35-36H. The van der Waals surface area contributed by atoms with Gasteiger partial charge in [0.2, 0.25) is 0 Å². The number of nitrogens with zero attached hydrogens (tertiary/aromatic N) is 2. The minimum absolute atomic E-state index is 0.116. The van der Waals surface area contributed by atoms with Crippen molar-refractivity contribution in [3.05, 3.63) is 127 Å². The summed E-state index contributed by atoms with van der Waals surface area (Å²) in [4.78, 5) is 9.65. The van der Waals surface area contributed by atoms with Crippen LogP contribution in [0.4, 0.5) is 0 Å². The molecule has 2 unspecified atom stereocenters. The Morgan fingerprint density at radius 3 is 1.28 bits per heavy atom. The summed E-state index contributed by atoms with van der Waals surface area (Å²) in [6.45, 7) is 0. The van der Waals surface area contributed by atoms with Crippen molar-refractivity contribution in [2.24, 2.45) is 9.98 Å². The number of hydrogen-bond donors (Lipinski definition) is 2. The maximum Gasteiger partial charge on any atom is 0.143 e. The van der Waals surface area contributed by atoms with Gasteiger partial charge in [0, 0.05) is 33.6 Å². The molecule has 0 spiro atoms. The maximum absolute atomic E-state index is 10.4. The van der Waals surface area contributed by atoms with Crippen LogP contribution in [-0.2, 0) is 0 Å². The zero-order valence-corrected chi connectivity index (χ0v) is 21.7. The quantitative estimate of drug-likeness (QED) is 0.223. The Bertz CT molecular complexity index is 1300. The summed E-state index contributed by atoms with van der Waals surface area (Å²) in [5.74, 6) is -0.232. The summed E-state index contributed by atoms with van der Waals surface area (Å²) in [7, 11) is 0. The molecule has 0 bridgehead atoms. The van der Waals surface area contributed by atoms with E-state index in [4.69, 9.17) is 56.4 Å². The first-order valence-electron chi connectivity index (χ1n) is 10.9. The number of hydrogen-bond acceptors (Lipinski definition) is 4. The lowest BCUT2D eigenvalue weighted by molar-refractivity contribution is 0.474. The van der Waals surface area contributed by atoms with Crippen molar-refractivity contribution < 1.29 is 10.2 Å². The molecule has 0 fully saturated rings. The Hall–Kier alpha value is -3.02. The van der Waals surface area contributed by atoms with Gasteiger partial charge in [-0.2, -0.15) is 0 Å². The highest BCUT2D eigenvalue weighted by molar-refractivity contribution is 6.36. The Kier molecular flexibility index (Phi) is 8.55. The maximum atomic E-state index is 10.4. The molecule has 4 nitrogen and oxygen atoms in total. The van der Waals surface area contributed by atoms with Crippen molar-refractivity contribution in [3.63, 3.8) is 0 Å². The van der Waals surface area contributed by atoms with Crippen molar-refractivity contribution in [2.75, 3.05) is 0 Å². The fourth-order valence-electron chi connectivity index (χ4n) is 3.69. The van der Waals surface area contributed by atoms with Crippen LogP contribution in [0.3, 0.4) is 0 Å². The Labute approximate surface area is 229 Å². The molecule has 0 saturated carbocycles. The minimum atomic E-state index is -0.501. The second-order valence-corrected chi connectivity index (χ2v) is 9.61. The number of aromatic hydroxyl groups is 2. The average molecular weight is 558 g/mol. The van der Waals surface area contributed by atoms with Crippen molar-refractivity contribution in [1.82, 2.24) is 0 Å². The van der Waals surface area contributed by atoms with E-state index in [1.165, 1.54) is 24.6 Å². The largest absolute Gasteiger partial charge is 0.506 e. The number of halogens is 4. The van der Waals surface area contributed by atoms with Crippen molar-refractivity contribution >= 4 is 58.8 Å². The molecule has 0 radical (unpaired) electrons. The molecule has 0 aromatic heterocycles. The van der Waals surface area contributed by atoms with Gasteiger partial charge in [-0.05, 0) is 35.4 Å². The molecular formula is C28H20Cl4N2O2. The molecular weight excluding hydrogens is 538 g/mol. The van der Waals surface area contributed by atoms with Crippen molar-refractivity contribution in [1.29, 1.82) is 0 Å². The van der Waals surface area contributed by atoms with Crippen molar-refractivity contribution in [2.45, 2.75) is 12.1 Å². The lowest BCUT2D eigenvalue weighted by Gasteiger charge is -2.22. The molecule has 0 amide bonds. The fourth-order valence-corrected chi connectivity index (χ4v) is 4.71. The highest BCUT2D eigenvalue weighted by Gasteiger charge is 2.24. The van der Waals surface area contributed by atoms with Crippen LogP contribution in [0.25, 0.3) is 0 Å². The van der Waals surface area contributed by atoms with E-state index in [1.807, 2.05) is 60.7 Å². The molecule has 2 atom stereocenters. The number of phenolic OH excluding ortho intramolecular Hbond substituents is 2. The first-order chi connectivity index (χ1) is 17.3. The number of rotatable bonds is 7. The molecule has 0 saturated heterocycles. The van der Waals surface area contributed by atoms with Crippen LogP contribution < -0.4 is 0 Å². The Morgan fingerprint density at radius 1 is 0.556 bits per heavy atom. The summed E-state index contributed by atoms with van der Waals surface area (Å²) < 4.78 is 0. The SMILES string of the molecule is Oc1c(Cl)cc(Cl)cc1C=NC(c1ccccc1)C(N=Cc1cc(Cl)cc(Cl)c1O)c1ccccc1. The molecule has 36 heavy (non-hydrogen) atoms. The molecule has 4 aromatic carbocycles. The van der Waals surface area contributed by atoms with Crippen LogP contribution in [0.5, 0.6) is 11.5 Å². The molecule has 2 N–H and O–H groups in total. The number of aliphatic imine (C=N–C) groups is 2. The summed E-state index contributed by atoms with van der Waals surface area (Å²) in [6.07, 6.45) is 3.06. The van der Waals surface area contributed by atoms with E-state index >= 15 is 0 Å². The first kappa shape index (κ1) is 26.1. The van der Waals surface area contributed by atoms with Gasteiger partial charge < -0.3 is 10.2 Å². The molecule has 0 aliphatic rings. The van der Waals surface area contributed by atoms with Crippen LogP contribution in [-0.4, -0.2) is 22.6 Å². The van der Waals surface area contributed by atoms with Crippen LogP contribution in [0.2, 0.25) is 20.1 Å². The van der Waals surface area contributed by atoms with Crippen molar-refractivity contribution in [3.8, 4) is 11.5 Å². The van der Waals surface area contributed by atoms with Gasteiger partial charge in [-0.15, -0.1) is 0 Å². The molecule has 4 aromatic rings.